The van der Waals surface area contributed by atoms with Gasteiger partial charge in [0.1, 0.15) is 0 Å². The Hall–Kier alpha value is -0.160. The Morgan fingerprint density at radius 1 is 1.50 bits per heavy atom. The van der Waals surface area contributed by atoms with Crippen LogP contribution >= 0.6 is 0 Å². The second kappa shape index (κ2) is 7.22. The first-order valence-corrected chi connectivity index (χ1v) is 6.25. The first kappa shape index (κ1) is 13.9. The standard InChI is InChI=1S/C12H27N3O/c1-11(9-13-6-8-16-4)15-7-5-12(10-15)14(2)3/h11-13H,5-10H2,1-4H3. The van der Waals surface area contributed by atoms with Crippen molar-refractivity contribution < 1.29 is 4.74 Å². The first-order chi connectivity index (χ1) is 7.65. The van der Waals surface area contributed by atoms with Gasteiger partial charge in [-0.25, -0.2) is 0 Å². The van der Waals surface area contributed by atoms with Gasteiger partial charge >= 0.3 is 0 Å². The fraction of sp³-hybridized carbons (Fsp3) is 1.00. The highest BCUT2D eigenvalue weighted by molar-refractivity contribution is 4.84. The molecule has 96 valence electrons. The fourth-order valence-corrected chi connectivity index (χ4v) is 2.20. The molecule has 1 fully saturated rings. The van der Waals surface area contributed by atoms with Crippen molar-refractivity contribution in [1.29, 1.82) is 0 Å². The molecule has 1 heterocycles. The van der Waals surface area contributed by atoms with Gasteiger partial charge in [-0.3, -0.25) is 4.90 Å². The largest absolute Gasteiger partial charge is 0.383 e. The van der Waals surface area contributed by atoms with Crippen LogP contribution in [0.3, 0.4) is 0 Å². The second-order valence-corrected chi connectivity index (χ2v) is 4.95. The number of hydrogen-bond acceptors (Lipinski definition) is 4. The normalized spacial score (nSPS) is 24.2. The van der Waals surface area contributed by atoms with Crippen LogP contribution in [0.5, 0.6) is 0 Å². The molecule has 0 radical (unpaired) electrons. The van der Waals surface area contributed by atoms with Crippen molar-refractivity contribution in [3.05, 3.63) is 0 Å². The Balaban J connectivity index is 2.15. The molecular weight excluding hydrogens is 202 g/mol. The van der Waals surface area contributed by atoms with Crippen molar-refractivity contribution in [1.82, 2.24) is 15.1 Å². The molecule has 4 nitrogen and oxygen atoms in total. The molecule has 16 heavy (non-hydrogen) atoms. The van der Waals surface area contributed by atoms with E-state index in [0.717, 1.165) is 25.7 Å². The van der Waals surface area contributed by atoms with E-state index in [1.165, 1.54) is 19.5 Å². The molecule has 1 N–H and O–H groups in total. The lowest BCUT2D eigenvalue weighted by Crippen LogP contribution is -2.41. The number of likely N-dealkylation sites (tertiary alicyclic amines) is 1. The number of likely N-dealkylation sites (N-methyl/N-ethyl adjacent to an activating group) is 1. The third kappa shape index (κ3) is 4.37. The van der Waals surface area contributed by atoms with Crippen molar-refractivity contribution in [2.45, 2.75) is 25.4 Å². The first-order valence-electron chi connectivity index (χ1n) is 6.25. The van der Waals surface area contributed by atoms with Gasteiger partial charge in [0.05, 0.1) is 6.61 Å². The zero-order valence-electron chi connectivity index (χ0n) is 11.2. The van der Waals surface area contributed by atoms with Crippen LogP contribution in [-0.4, -0.2) is 75.9 Å². The number of ether oxygens (including phenoxy) is 1. The summed E-state index contributed by atoms with van der Waals surface area (Å²) in [5.41, 5.74) is 0. The predicted octanol–water partition coefficient (Wildman–Crippen LogP) is 0.247. The van der Waals surface area contributed by atoms with Crippen molar-refractivity contribution >= 4 is 0 Å². The topological polar surface area (TPSA) is 27.7 Å². The molecule has 0 aromatic rings. The van der Waals surface area contributed by atoms with Crippen LogP contribution < -0.4 is 5.32 Å². The smallest absolute Gasteiger partial charge is 0.0587 e. The number of hydrogen-bond donors (Lipinski definition) is 1. The second-order valence-electron chi connectivity index (χ2n) is 4.95. The summed E-state index contributed by atoms with van der Waals surface area (Å²) < 4.78 is 5.01. The fourth-order valence-electron chi connectivity index (χ4n) is 2.20. The van der Waals surface area contributed by atoms with Gasteiger partial charge in [-0.05, 0) is 27.4 Å². The average Bonchev–Trinajstić information content (AvgIpc) is 2.73. The summed E-state index contributed by atoms with van der Waals surface area (Å²) in [7, 11) is 6.10. The zero-order valence-corrected chi connectivity index (χ0v) is 11.2. The van der Waals surface area contributed by atoms with Crippen molar-refractivity contribution in [2.24, 2.45) is 0 Å². The van der Waals surface area contributed by atoms with Gasteiger partial charge in [-0.2, -0.15) is 0 Å². The van der Waals surface area contributed by atoms with Gasteiger partial charge in [0.2, 0.25) is 0 Å². The van der Waals surface area contributed by atoms with Gasteiger partial charge in [0.15, 0.2) is 0 Å². The summed E-state index contributed by atoms with van der Waals surface area (Å²) in [5, 5.41) is 3.43. The highest BCUT2D eigenvalue weighted by Gasteiger charge is 2.26. The molecule has 0 aromatic carbocycles. The molecule has 0 amide bonds. The number of methoxy groups -OCH3 is 1. The highest BCUT2D eigenvalue weighted by atomic mass is 16.5. The minimum atomic E-state index is 0.627. The maximum Gasteiger partial charge on any atom is 0.0587 e. The molecule has 2 unspecified atom stereocenters. The summed E-state index contributed by atoms with van der Waals surface area (Å²) in [4.78, 5) is 4.91. The van der Waals surface area contributed by atoms with Gasteiger partial charge < -0.3 is 15.0 Å². The van der Waals surface area contributed by atoms with Gasteiger partial charge in [0, 0.05) is 45.4 Å². The number of nitrogens with one attached hydrogen (secondary N) is 1. The van der Waals surface area contributed by atoms with E-state index in [9.17, 15) is 0 Å². The molecular formula is C12H27N3O. The van der Waals surface area contributed by atoms with Gasteiger partial charge in [-0.15, -0.1) is 0 Å². The van der Waals surface area contributed by atoms with Crippen LogP contribution in [0.2, 0.25) is 0 Å². The molecule has 4 heteroatoms. The lowest BCUT2D eigenvalue weighted by atomic mass is 10.2. The lowest BCUT2D eigenvalue weighted by Gasteiger charge is -2.26. The summed E-state index contributed by atoms with van der Waals surface area (Å²) in [6.07, 6.45) is 1.30. The monoisotopic (exact) mass is 229 g/mol. The molecule has 0 spiro atoms. The van der Waals surface area contributed by atoms with E-state index in [1.54, 1.807) is 7.11 Å². The Morgan fingerprint density at radius 3 is 2.81 bits per heavy atom. The van der Waals surface area contributed by atoms with Crippen LogP contribution in [0.25, 0.3) is 0 Å². The van der Waals surface area contributed by atoms with Crippen LogP contribution in [0, 0.1) is 0 Å². The Morgan fingerprint density at radius 2 is 2.25 bits per heavy atom. The molecule has 1 saturated heterocycles. The van der Waals surface area contributed by atoms with E-state index in [4.69, 9.17) is 4.74 Å². The van der Waals surface area contributed by atoms with Gasteiger partial charge in [-0.1, -0.05) is 0 Å². The van der Waals surface area contributed by atoms with E-state index in [0.29, 0.717) is 6.04 Å². The van der Waals surface area contributed by atoms with Crippen LogP contribution in [-0.2, 0) is 4.74 Å². The molecule has 0 saturated carbocycles. The lowest BCUT2D eigenvalue weighted by molar-refractivity contribution is 0.189. The SMILES string of the molecule is COCCNCC(C)N1CCC(N(C)C)C1. The summed E-state index contributed by atoms with van der Waals surface area (Å²) in [6.45, 7) is 7.55. The van der Waals surface area contributed by atoms with Gasteiger partial charge in [0.25, 0.3) is 0 Å². The third-order valence-corrected chi connectivity index (χ3v) is 3.47. The molecule has 1 aliphatic heterocycles. The van der Waals surface area contributed by atoms with Crippen LogP contribution in [0.1, 0.15) is 13.3 Å². The molecule has 0 aromatic heterocycles. The highest BCUT2D eigenvalue weighted by Crippen LogP contribution is 2.15. The molecule has 1 rings (SSSR count). The van der Waals surface area contributed by atoms with Crippen LogP contribution in [0.4, 0.5) is 0 Å². The minimum absolute atomic E-state index is 0.627. The predicted molar refractivity (Wildman–Crippen MR) is 67.9 cm³/mol. The maximum atomic E-state index is 5.01. The number of nitrogens with zero attached hydrogens (tertiary/aromatic N) is 2. The quantitative estimate of drug-likeness (QED) is 0.633. The van der Waals surface area contributed by atoms with E-state index >= 15 is 0 Å². The Kier molecular flexibility index (Phi) is 6.28. The van der Waals surface area contributed by atoms with E-state index < -0.39 is 0 Å². The summed E-state index contributed by atoms with van der Waals surface area (Å²) in [5.74, 6) is 0. The summed E-state index contributed by atoms with van der Waals surface area (Å²) >= 11 is 0. The maximum absolute atomic E-state index is 5.01. The molecule has 0 bridgehead atoms. The Bertz CT molecular complexity index is 187. The molecule has 2 atom stereocenters. The summed E-state index contributed by atoms with van der Waals surface area (Å²) in [6, 6.07) is 1.36. The third-order valence-electron chi connectivity index (χ3n) is 3.47. The van der Waals surface area contributed by atoms with Crippen LogP contribution in [0.15, 0.2) is 0 Å². The van der Waals surface area contributed by atoms with E-state index in [-0.39, 0.29) is 0 Å². The number of rotatable bonds is 7. The van der Waals surface area contributed by atoms with Crippen molar-refractivity contribution in [3.63, 3.8) is 0 Å². The molecule has 0 aliphatic carbocycles. The van der Waals surface area contributed by atoms with Crippen molar-refractivity contribution in [2.75, 3.05) is 54.0 Å². The average molecular weight is 229 g/mol. The van der Waals surface area contributed by atoms with E-state index in [1.807, 2.05) is 0 Å². The Labute approximate surface area is 99.9 Å². The van der Waals surface area contributed by atoms with Crippen molar-refractivity contribution in [3.8, 4) is 0 Å². The zero-order chi connectivity index (χ0) is 12.0. The molecule has 1 aliphatic rings. The minimum Gasteiger partial charge on any atom is -0.383 e. The van der Waals surface area contributed by atoms with E-state index in [2.05, 4.69) is 36.1 Å².